The zero-order valence-corrected chi connectivity index (χ0v) is 23.7. The topological polar surface area (TPSA) is 149 Å². The van der Waals surface area contributed by atoms with Gasteiger partial charge in [0.1, 0.15) is 23.9 Å². The van der Waals surface area contributed by atoms with Gasteiger partial charge in [0.25, 0.3) is 0 Å². The smallest absolute Gasteiger partial charge is 0.338 e. The van der Waals surface area contributed by atoms with Gasteiger partial charge in [0.2, 0.25) is 0 Å². The highest BCUT2D eigenvalue weighted by Gasteiger charge is 2.78. The lowest BCUT2D eigenvalue weighted by Gasteiger charge is -2.67. The summed E-state index contributed by atoms with van der Waals surface area (Å²) in [6.07, 6.45) is -6.09. The van der Waals surface area contributed by atoms with E-state index in [0.29, 0.717) is 5.57 Å². The summed E-state index contributed by atoms with van der Waals surface area (Å²) in [5.41, 5.74) is -5.70. The van der Waals surface area contributed by atoms with Gasteiger partial charge in [-0.3, -0.25) is 9.59 Å². The number of fused-ring (bicyclic) bond motifs is 5. The van der Waals surface area contributed by atoms with Crippen molar-refractivity contribution in [3.05, 3.63) is 47.0 Å². The predicted molar refractivity (Wildman–Crippen MR) is 140 cm³/mol. The van der Waals surface area contributed by atoms with Gasteiger partial charge in [-0.25, -0.2) is 4.79 Å². The van der Waals surface area contributed by atoms with Crippen LogP contribution in [-0.2, 0) is 28.5 Å². The van der Waals surface area contributed by atoms with Crippen molar-refractivity contribution >= 4 is 17.7 Å². The van der Waals surface area contributed by atoms with E-state index < -0.39 is 76.2 Å². The number of carbonyl (C=O) groups is 3. The SMILES string of the molecule is CO[C@H]1C[C@H]2OC[C@@]2(OC(C)=O)[C@H]2[C@H](OC(=O)c3ccccc3)C3(O)C[C@H](O)C(C)=C([C@@H](O)C(=O)[C@]12C)C3(C)C. The molecule has 10 heteroatoms. The Morgan fingerprint density at radius 1 is 1.10 bits per heavy atom. The van der Waals surface area contributed by atoms with E-state index in [1.54, 1.807) is 58.0 Å². The molecule has 4 aliphatic rings. The molecule has 0 spiro atoms. The van der Waals surface area contributed by atoms with Gasteiger partial charge in [-0.1, -0.05) is 32.0 Å². The number of ketones is 1. The zero-order chi connectivity index (χ0) is 29.4. The molecule has 2 saturated carbocycles. The molecule has 1 aromatic carbocycles. The molecule has 3 aliphatic carbocycles. The number of ether oxygens (including phenoxy) is 4. The fourth-order valence-corrected chi connectivity index (χ4v) is 7.98. The van der Waals surface area contributed by atoms with Crippen LogP contribution in [0.25, 0.3) is 0 Å². The van der Waals surface area contributed by atoms with Crippen molar-refractivity contribution in [1.82, 2.24) is 0 Å². The fraction of sp³-hybridized carbons (Fsp3) is 0.633. The molecule has 5 rings (SSSR count). The molecule has 3 N–H and O–H groups in total. The molecule has 1 unspecified atom stereocenters. The van der Waals surface area contributed by atoms with E-state index in [1.165, 1.54) is 14.0 Å². The number of rotatable bonds is 4. The number of Topliss-reactive ketones (excluding diaryl/α,β-unsaturated/α-hetero) is 1. The van der Waals surface area contributed by atoms with Crippen LogP contribution in [-0.4, -0.2) is 88.5 Å². The quantitative estimate of drug-likeness (QED) is 0.369. The molecule has 0 aromatic heterocycles. The second-order valence-electron chi connectivity index (χ2n) is 12.4. The van der Waals surface area contributed by atoms with Crippen LogP contribution in [0.5, 0.6) is 0 Å². The van der Waals surface area contributed by atoms with E-state index in [1.807, 2.05) is 0 Å². The summed E-state index contributed by atoms with van der Waals surface area (Å²) in [6, 6.07) is 8.21. The maximum absolute atomic E-state index is 14.5. The van der Waals surface area contributed by atoms with Gasteiger partial charge in [0, 0.05) is 32.3 Å². The van der Waals surface area contributed by atoms with E-state index >= 15 is 0 Å². The molecule has 1 saturated heterocycles. The number of methoxy groups -OCH3 is 1. The van der Waals surface area contributed by atoms with Crippen LogP contribution in [0.15, 0.2) is 41.5 Å². The Morgan fingerprint density at radius 2 is 1.75 bits per heavy atom. The summed E-state index contributed by atoms with van der Waals surface area (Å²) in [5.74, 6) is -3.24. The van der Waals surface area contributed by atoms with Gasteiger partial charge in [-0.05, 0) is 37.1 Å². The standard InChI is InChI=1S/C30H38O10/c1-15-18(32)13-30(36)25(39-26(35)17-10-8-7-9-11-17)23-28(5,24(34)22(33)21(15)27(30,3)4)19(37-6)12-20-29(23,14-38-20)40-16(2)31/h7-11,18-20,22-23,25,32-33,36H,12-14H2,1-6H3/t18-,19-,20+,22+,23-,25-,28+,29-,30?/m0/s1. The van der Waals surface area contributed by atoms with Crippen molar-refractivity contribution in [2.24, 2.45) is 16.7 Å². The molecule has 10 nitrogen and oxygen atoms in total. The summed E-state index contributed by atoms with van der Waals surface area (Å²) < 4.78 is 23.9. The molecule has 0 amide bonds. The Bertz CT molecular complexity index is 1260. The number of carbonyl (C=O) groups excluding carboxylic acids is 3. The number of aliphatic hydroxyl groups excluding tert-OH is 2. The lowest BCUT2D eigenvalue weighted by atomic mass is 9.44. The number of benzene rings is 1. The fourth-order valence-electron chi connectivity index (χ4n) is 7.98. The number of aliphatic hydroxyl groups is 3. The zero-order valence-electron chi connectivity index (χ0n) is 23.7. The average Bonchev–Trinajstić information content (AvgIpc) is 2.89. The van der Waals surface area contributed by atoms with Gasteiger partial charge in [0.05, 0.1) is 35.7 Å². The third kappa shape index (κ3) is 3.69. The van der Waals surface area contributed by atoms with Crippen molar-refractivity contribution in [2.45, 2.75) is 89.2 Å². The van der Waals surface area contributed by atoms with Crippen LogP contribution in [0, 0.1) is 16.7 Å². The number of esters is 2. The Labute approximate surface area is 233 Å². The first-order valence-corrected chi connectivity index (χ1v) is 13.6. The molecule has 218 valence electrons. The van der Waals surface area contributed by atoms with E-state index in [-0.39, 0.29) is 30.6 Å². The third-order valence-electron chi connectivity index (χ3n) is 10.2. The molecule has 40 heavy (non-hydrogen) atoms. The Morgan fingerprint density at radius 3 is 2.30 bits per heavy atom. The van der Waals surface area contributed by atoms with Crippen molar-refractivity contribution in [2.75, 3.05) is 13.7 Å². The lowest BCUT2D eigenvalue weighted by Crippen LogP contribution is -2.82. The third-order valence-corrected chi connectivity index (χ3v) is 10.2. The largest absolute Gasteiger partial charge is 0.455 e. The molecular weight excluding hydrogens is 520 g/mol. The normalized spacial score (nSPS) is 42.0. The van der Waals surface area contributed by atoms with Crippen LogP contribution < -0.4 is 0 Å². The second kappa shape index (κ2) is 9.46. The van der Waals surface area contributed by atoms with E-state index in [0.717, 1.165) is 0 Å². The van der Waals surface area contributed by atoms with Crippen LogP contribution in [0.1, 0.15) is 57.8 Å². The van der Waals surface area contributed by atoms with Crippen LogP contribution >= 0.6 is 0 Å². The van der Waals surface area contributed by atoms with Crippen LogP contribution in [0.2, 0.25) is 0 Å². The van der Waals surface area contributed by atoms with Gasteiger partial charge >= 0.3 is 11.9 Å². The van der Waals surface area contributed by atoms with Crippen LogP contribution in [0.3, 0.4) is 0 Å². The first-order valence-electron chi connectivity index (χ1n) is 13.6. The van der Waals surface area contributed by atoms with Crippen molar-refractivity contribution in [3.8, 4) is 0 Å². The molecule has 3 fully saturated rings. The number of hydrogen-bond acceptors (Lipinski definition) is 10. The van der Waals surface area contributed by atoms with Crippen molar-refractivity contribution in [3.63, 3.8) is 0 Å². The minimum absolute atomic E-state index is 0.114. The molecule has 2 bridgehead atoms. The summed E-state index contributed by atoms with van der Waals surface area (Å²) in [4.78, 5) is 40.7. The maximum atomic E-state index is 14.5. The van der Waals surface area contributed by atoms with Crippen molar-refractivity contribution in [1.29, 1.82) is 0 Å². The summed E-state index contributed by atoms with van der Waals surface area (Å²) >= 11 is 0. The minimum Gasteiger partial charge on any atom is -0.455 e. The highest BCUT2D eigenvalue weighted by molar-refractivity contribution is 5.94. The lowest BCUT2D eigenvalue weighted by molar-refractivity contribution is -0.347. The first-order chi connectivity index (χ1) is 18.7. The molecule has 1 heterocycles. The predicted octanol–water partition coefficient (Wildman–Crippen LogP) is 1.74. The molecule has 0 radical (unpaired) electrons. The van der Waals surface area contributed by atoms with Crippen LogP contribution in [0.4, 0.5) is 0 Å². The summed E-state index contributed by atoms with van der Waals surface area (Å²) in [6.45, 7) is 7.66. The summed E-state index contributed by atoms with van der Waals surface area (Å²) in [7, 11) is 1.43. The monoisotopic (exact) mass is 558 g/mol. The molecule has 1 aliphatic heterocycles. The number of hydrogen-bond donors (Lipinski definition) is 3. The first kappa shape index (κ1) is 28.9. The summed E-state index contributed by atoms with van der Waals surface area (Å²) in [5, 5.41) is 35.6. The Balaban J connectivity index is 1.83. The van der Waals surface area contributed by atoms with Gasteiger partial charge in [-0.15, -0.1) is 0 Å². The highest BCUT2D eigenvalue weighted by atomic mass is 16.6. The molecule has 1 aromatic rings. The Hall–Kier alpha value is -2.63. The van der Waals surface area contributed by atoms with E-state index in [9.17, 15) is 29.7 Å². The second-order valence-corrected chi connectivity index (χ2v) is 12.4. The van der Waals surface area contributed by atoms with Gasteiger partial charge in [-0.2, -0.15) is 0 Å². The van der Waals surface area contributed by atoms with E-state index in [2.05, 4.69) is 0 Å². The highest BCUT2D eigenvalue weighted by Crippen LogP contribution is 2.64. The van der Waals surface area contributed by atoms with E-state index in [4.69, 9.17) is 18.9 Å². The molecular formula is C30H38O10. The average molecular weight is 559 g/mol. The minimum atomic E-state index is -2.01. The maximum Gasteiger partial charge on any atom is 0.338 e. The van der Waals surface area contributed by atoms with Gasteiger partial charge < -0.3 is 34.3 Å². The molecule has 9 atom stereocenters. The van der Waals surface area contributed by atoms with Crippen molar-refractivity contribution < 1.29 is 48.7 Å². The van der Waals surface area contributed by atoms with Gasteiger partial charge in [0.15, 0.2) is 11.4 Å². The Kier molecular flexibility index (Phi) is 6.83.